The molecule has 1 amide bonds. The number of fused-ring (bicyclic) bond motifs is 1. The minimum absolute atomic E-state index is 0.0662. The van der Waals surface area contributed by atoms with Gasteiger partial charge in [0.1, 0.15) is 29.1 Å². The van der Waals surface area contributed by atoms with E-state index in [0.29, 0.717) is 16.8 Å². The van der Waals surface area contributed by atoms with E-state index >= 15 is 0 Å². The third-order valence-corrected chi connectivity index (χ3v) is 6.29. The fourth-order valence-electron chi connectivity index (χ4n) is 4.23. The van der Waals surface area contributed by atoms with Crippen LogP contribution in [0.25, 0.3) is 16.8 Å². The molecule has 0 spiro atoms. The predicted octanol–water partition coefficient (Wildman–Crippen LogP) is 5.71. The molecule has 1 unspecified atom stereocenters. The largest absolute Gasteiger partial charge is 0.507 e. The van der Waals surface area contributed by atoms with Gasteiger partial charge in [0.15, 0.2) is 0 Å². The number of aliphatic hydroxyl groups excluding tert-OH is 1. The second kappa shape index (κ2) is 8.48. The third kappa shape index (κ3) is 3.75. The van der Waals surface area contributed by atoms with Gasteiger partial charge in [-0.25, -0.2) is 4.98 Å². The molecule has 0 aliphatic carbocycles. The van der Waals surface area contributed by atoms with Crippen LogP contribution >= 0.6 is 23.2 Å². The number of benzene rings is 2. The summed E-state index contributed by atoms with van der Waals surface area (Å²) < 4.78 is 11.2. The Morgan fingerprint density at radius 1 is 1.14 bits per heavy atom. The van der Waals surface area contributed by atoms with Gasteiger partial charge in [0, 0.05) is 5.02 Å². The van der Waals surface area contributed by atoms with Gasteiger partial charge in [-0.2, -0.15) is 0 Å². The van der Waals surface area contributed by atoms with E-state index in [1.165, 1.54) is 24.1 Å². The van der Waals surface area contributed by atoms with Crippen molar-refractivity contribution in [2.24, 2.45) is 0 Å². The summed E-state index contributed by atoms with van der Waals surface area (Å²) in [5, 5.41) is 11.7. The highest BCUT2D eigenvalue weighted by Crippen LogP contribution is 2.45. The van der Waals surface area contributed by atoms with Crippen molar-refractivity contribution in [1.29, 1.82) is 0 Å². The molecule has 1 aliphatic rings. The Labute approximate surface area is 209 Å². The van der Waals surface area contributed by atoms with E-state index in [-0.39, 0.29) is 38.6 Å². The Balaban J connectivity index is 1.76. The number of anilines is 1. The Bertz CT molecular complexity index is 1550. The molecule has 0 radical (unpaired) electrons. The van der Waals surface area contributed by atoms with Gasteiger partial charge >= 0.3 is 5.91 Å². The standard InChI is InChI=1S/C25H19Cl2N3O5/c1-11-4-6-16-17(8-11)29-25(28-16)30-20(18-7-5-12(2)35-18)19(22(32)24(30)33)21(31)14-9-13(26)10-15(27)23(14)34-3/h4-10,20,31H,1-3H3,(H,28,29)/b21-19+. The number of nitrogens with zero attached hydrogens (tertiary/aromatic N) is 2. The first kappa shape index (κ1) is 23.0. The number of aliphatic hydroxyl groups is 1. The maximum atomic E-state index is 13.3. The molecular formula is C25H19Cl2N3O5. The lowest BCUT2D eigenvalue weighted by molar-refractivity contribution is -0.132. The maximum absolute atomic E-state index is 13.3. The molecule has 10 heteroatoms. The predicted molar refractivity (Wildman–Crippen MR) is 132 cm³/mol. The van der Waals surface area contributed by atoms with Crippen molar-refractivity contribution >= 4 is 57.6 Å². The van der Waals surface area contributed by atoms with Gasteiger partial charge in [0.25, 0.3) is 5.78 Å². The minimum Gasteiger partial charge on any atom is -0.507 e. The number of furan rings is 1. The van der Waals surface area contributed by atoms with Gasteiger partial charge in [0.05, 0.1) is 34.3 Å². The molecule has 2 aromatic carbocycles. The molecular weight excluding hydrogens is 493 g/mol. The quantitative estimate of drug-likeness (QED) is 0.206. The number of ketones is 1. The number of halogens is 2. The SMILES string of the molecule is COc1c(Cl)cc(Cl)cc1/C(O)=C1\C(=O)C(=O)N(c2nc3ccc(C)cc3[nH]2)C1c1ccc(C)o1. The number of carbonyl (C=O) groups excluding carboxylic acids is 2. The van der Waals surface area contributed by atoms with Crippen molar-refractivity contribution < 1.29 is 23.8 Å². The van der Waals surface area contributed by atoms with Crippen molar-refractivity contribution in [2.75, 3.05) is 12.0 Å². The van der Waals surface area contributed by atoms with Gasteiger partial charge in [-0.15, -0.1) is 0 Å². The summed E-state index contributed by atoms with van der Waals surface area (Å²) in [6, 6.07) is 10.7. The summed E-state index contributed by atoms with van der Waals surface area (Å²) in [6.07, 6.45) is 0. The minimum atomic E-state index is -1.10. The second-order valence-corrected chi connectivity index (χ2v) is 9.01. The molecule has 178 valence electrons. The van der Waals surface area contributed by atoms with E-state index < -0.39 is 23.5 Å². The highest BCUT2D eigenvalue weighted by atomic mass is 35.5. The lowest BCUT2D eigenvalue weighted by Crippen LogP contribution is -2.30. The first-order chi connectivity index (χ1) is 16.7. The molecule has 1 aliphatic heterocycles. The number of hydrogen-bond acceptors (Lipinski definition) is 6. The number of rotatable bonds is 4. The number of aryl methyl sites for hydroxylation is 2. The molecule has 1 fully saturated rings. The van der Waals surface area contributed by atoms with Crippen LogP contribution in [0.2, 0.25) is 10.0 Å². The summed E-state index contributed by atoms with van der Waals surface area (Å²) in [6.45, 7) is 3.67. The van der Waals surface area contributed by atoms with Gasteiger partial charge in [-0.1, -0.05) is 29.3 Å². The zero-order valence-electron chi connectivity index (χ0n) is 18.8. The average molecular weight is 512 g/mol. The van der Waals surface area contributed by atoms with Crippen LogP contribution in [0, 0.1) is 13.8 Å². The number of Topliss-reactive ketones (excluding diaryl/α,β-unsaturated/α-hetero) is 1. The normalized spacial score (nSPS) is 17.5. The summed E-state index contributed by atoms with van der Waals surface area (Å²) in [4.78, 5) is 35.5. The van der Waals surface area contributed by atoms with Crippen molar-refractivity contribution in [3.05, 3.63) is 80.7 Å². The highest BCUT2D eigenvalue weighted by molar-refractivity contribution is 6.51. The van der Waals surface area contributed by atoms with Gasteiger partial charge in [0.2, 0.25) is 5.95 Å². The van der Waals surface area contributed by atoms with Gasteiger partial charge in [-0.3, -0.25) is 14.5 Å². The summed E-state index contributed by atoms with van der Waals surface area (Å²) in [5.74, 6) is -1.22. The number of H-pyrrole nitrogens is 1. The first-order valence-electron chi connectivity index (χ1n) is 10.6. The lowest BCUT2D eigenvalue weighted by atomic mass is 9.99. The van der Waals surface area contributed by atoms with Crippen LogP contribution < -0.4 is 9.64 Å². The monoisotopic (exact) mass is 511 g/mol. The van der Waals surface area contributed by atoms with Crippen LogP contribution in [0.15, 0.2) is 52.5 Å². The number of ether oxygens (including phenoxy) is 1. The molecule has 1 atom stereocenters. The number of carbonyl (C=O) groups is 2. The number of methoxy groups -OCH3 is 1. The van der Waals surface area contributed by atoms with Gasteiger partial charge < -0.3 is 19.2 Å². The molecule has 2 aromatic heterocycles. The molecule has 0 saturated carbocycles. The van der Waals surface area contributed by atoms with E-state index in [4.69, 9.17) is 32.4 Å². The number of amides is 1. The van der Waals surface area contributed by atoms with Crippen LogP contribution in [-0.4, -0.2) is 33.9 Å². The second-order valence-electron chi connectivity index (χ2n) is 8.17. The van der Waals surface area contributed by atoms with Crippen LogP contribution in [0.4, 0.5) is 5.95 Å². The Kier molecular flexibility index (Phi) is 5.57. The van der Waals surface area contributed by atoms with Crippen molar-refractivity contribution in [2.45, 2.75) is 19.9 Å². The fraction of sp³-hybridized carbons (Fsp3) is 0.160. The van der Waals surface area contributed by atoms with Crippen molar-refractivity contribution in [1.82, 2.24) is 9.97 Å². The van der Waals surface area contributed by atoms with E-state index in [9.17, 15) is 14.7 Å². The first-order valence-corrected chi connectivity index (χ1v) is 11.3. The van der Waals surface area contributed by atoms with Crippen LogP contribution in [0.1, 0.15) is 28.7 Å². The number of hydrogen-bond donors (Lipinski definition) is 2. The Hall–Kier alpha value is -3.75. The number of aromatic amines is 1. The highest BCUT2D eigenvalue weighted by Gasteiger charge is 2.50. The number of imidazole rings is 1. The third-order valence-electron chi connectivity index (χ3n) is 5.80. The summed E-state index contributed by atoms with van der Waals surface area (Å²) >= 11 is 12.4. The molecule has 5 rings (SSSR count). The Morgan fingerprint density at radius 3 is 2.60 bits per heavy atom. The summed E-state index contributed by atoms with van der Waals surface area (Å²) in [5.41, 5.74) is 2.16. The molecule has 2 N–H and O–H groups in total. The average Bonchev–Trinajstić information content (AvgIpc) is 3.48. The van der Waals surface area contributed by atoms with Crippen LogP contribution in [0.5, 0.6) is 5.75 Å². The zero-order valence-corrected chi connectivity index (χ0v) is 20.4. The molecule has 35 heavy (non-hydrogen) atoms. The van der Waals surface area contributed by atoms with E-state index in [1.807, 2.05) is 25.1 Å². The van der Waals surface area contributed by atoms with E-state index in [1.54, 1.807) is 19.1 Å². The fourth-order valence-corrected chi connectivity index (χ4v) is 4.80. The molecule has 8 nitrogen and oxygen atoms in total. The van der Waals surface area contributed by atoms with Crippen LogP contribution in [-0.2, 0) is 9.59 Å². The van der Waals surface area contributed by atoms with Crippen molar-refractivity contribution in [3.8, 4) is 5.75 Å². The topological polar surface area (TPSA) is 109 Å². The molecule has 3 heterocycles. The molecule has 1 saturated heterocycles. The zero-order chi connectivity index (χ0) is 25.0. The van der Waals surface area contributed by atoms with Gasteiger partial charge in [-0.05, 0) is 55.8 Å². The smallest absolute Gasteiger partial charge is 0.302 e. The lowest BCUT2D eigenvalue weighted by Gasteiger charge is -2.21. The van der Waals surface area contributed by atoms with E-state index in [0.717, 1.165) is 5.56 Å². The molecule has 4 aromatic rings. The van der Waals surface area contributed by atoms with Crippen molar-refractivity contribution in [3.63, 3.8) is 0 Å². The molecule has 0 bridgehead atoms. The van der Waals surface area contributed by atoms with Crippen LogP contribution in [0.3, 0.4) is 0 Å². The maximum Gasteiger partial charge on any atom is 0.302 e. The number of aromatic nitrogens is 2. The summed E-state index contributed by atoms with van der Waals surface area (Å²) in [7, 11) is 1.37. The number of nitrogens with one attached hydrogen (secondary N) is 1. The van der Waals surface area contributed by atoms with E-state index in [2.05, 4.69) is 9.97 Å². The Morgan fingerprint density at radius 2 is 1.91 bits per heavy atom.